The van der Waals surface area contributed by atoms with Gasteiger partial charge in [0.15, 0.2) is 11.2 Å². The first-order valence-corrected chi connectivity index (χ1v) is 10.2. The molecule has 0 aliphatic carbocycles. The molecule has 0 saturated carbocycles. The normalized spacial score (nSPS) is 13.1. The van der Waals surface area contributed by atoms with Gasteiger partial charge in [0.05, 0.1) is 19.9 Å². The monoisotopic (exact) mass is 413 g/mol. The fourth-order valence-electron chi connectivity index (χ4n) is 4.03. The van der Waals surface area contributed by atoms with E-state index >= 15 is 0 Å². The number of anilines is 2. The van der Waals surface area contributed by atoms with Gasteiger partial charge in [-0.2, -0.15) is 4.98 Å². The van der Waals surface area contributed by atoms with Crippen LogP contribution in [0.1, 0.15) is 26.2 Å². The third kappa shape index (κ3) is 3.05. The number of benzene rings is 1. The Morgan fingerprint density at radius 3 is 2.60 bits per heavy atom. The van der Waals surface area contributed by atoms with Gasteiger partial charge in [-0.1, -0.05) is 19.8 Å². The van der Waals surface area contributed by atoms with Crippen LogP contribution in [0.2, 0.25) is 0 Å². The maximum Gasteiger partial charge on any atom is 0.332 e. The van der Waals surface area contributed by atoms with Crippen LogP contribution in [0.15, 0.2) is 27.8 Å². The SMILES string of the molecule is CCCCCn1c(=O)c2c(nc3n2CCN3c2ccc(OC)cc2OC)n(C)c1=O. The first-order chi connectivity index (χ1) is 14.5. The number of hydrogen-bond acceptors (Lipinski definition) is 6. The average molecular weight is 413 g/mol. The molecule has 1 aromatic carbocycles. The van der Waals surface area contributed by atoms with Gasteiger partial charge < -0.3 is 18.9 Å². The lowest BCUT2D eigenvalue weighted by Gasteiger charge is -2.19. The van der Waals surface area contributed by atoms with Crippen molar-refractivity contribution in [1.29, 1.82) is 0 Å². The molecule has 1 aliphatic heterocycles. The Labute approximate surface area is 174 Å². The summed E-state index contributed by atoms with van der Waals surface area (Å²) >= 11 is 0. The van der Waals surface area contributed by atoms with Crippen LogP contribution in [0, 0.1) is 0 Å². The zero-order valence-electron chi connectivity index (χ0n) is 17.8. The zero-order chi connectivity index (χ0) is 21.4. The lowest BCUT2D eigenvalue weighted by atomic mass is 10.2. The van der Waals surface area contributed by atoms with Crippen molar-refractivity contribution < 1.29 is 9.47 Å². The van der Waals surface area contributed by atoms with Crippen LogP contribution < -0.4 is 25.6 Å². The molecule has 3 aromatic rings. The number of rotatable bonds is 7. The van der Waals surface area contributed by atoms with Gasteiger partial charge >= 0.3 is 5.69 Å². The molecule has 0 atom stereocenters. The number of imidazole rings is 1. The van der Waals surface area contributed by atoms with E-state index in [1.54, 1.807) is 21.3 Å². The second-order valence-corrected chi connectivity index (χ2v) is 7.43. The van der Waals surface area contributed by atoms with E-state index in [0.29, 0.717) is 48.2 Å². The predicted molar refractivity (Wildman–Crippen MR) is 115 cm³/mol. The van der Waals surface area contributed by atoms with Crippen molar-refractivity contribution in [3.05, 3.63) is 39.0 Å². The molecular formula is C21H27N5O4. The molecule has 1 aliphatic rings. The topological polar surface area (TPSA) is 83.5 Å². The highest BCUT2D eigenvalue weighted by molar-refractivity contribution is 5.79. The fourth-order valence-corrected chi connectivity index (χ4v) is 4.03. The molecule has 9 nitrogen and oxygen atoms in total. The summed E-state index contributed by atoms with van der Waals surface area (Å²) in [4.78, 5) is 32.7. The average Bonchev–Trinajstić information content (AvgIpc) is 3.33. The molecule has 0 unspecified atom stereocenters. The number of unbranched alkanes of at least 4 members (excludes halogenated alkanes) is 2. The van der Waals surface area contributed by atoms with Crippen molar-refractivity contribution in [3.63, 3.8) is 0 Å². The molecule has 0 radical (unpaired) electrons. The number of aryl methyl sites for hydroxylation is 1. The molecular weight excluding hydrogens is 386 g/mol. The first kappa shape index (κ1) is 20.1. The van der Waals surface area contributed by atoms with E-state index in [9.17, 15) is 9.59 Å². The van der Waals surface area contributed by atoms with E-state index in [2.05, 4.69) is 11.9 Å². The highest BCUT2D eigenvalue weighted by atomic mass is 16.5. The summed E-state index contributed by atoms with van der Waals surface area (Å²) < 4.78 is 15.5. The lowest BCUT2D eigenvalue weighted by Crippen LogP contribution is -2.39. The van der Waals surface area contributed by atoms with E-state index in [4.69, 9.17) is 9.47 Å². The Balaban J connectivity index is 1.85. The van der Waals surface area contributed by atoms with Gasteiger partial charge in [-0.3, -0.25) is 13.9 Å². The van der Waals surface area contributed by atoms with Crippen LogP contribution in [0.25, 0.3) is 11.2 Å². The van der Waals surface area contributed by atoms with Gasteiger partial charge in [0.2, 0.25) is 5.95 Å². The first-order valence-electron chi connectivity index (χ1n) is 10.2. The molecule has 0 spiro atoms. The zero-order valence-corrected chi connectivity index (χ0v) is 17.8. The smallest absolute Gasteiger partial charge is 0.332 e. The molecule has 0 amide bonds. The third-order valence-corrected chi connectivity index (χ3v) is 5.66. The lowest BCUT2D eigenvalue weighted by molar-refractivity contribution is 0.395. The van der Waals surface area contributed by atoms with Crippen LogP contribution in [0.5, 0.6) is 11.5 Å². The molecule has 3 heterocycles. The Morgan fingerprint density at radius 2 is 1.90 bits per heavy atom. The van der Waals surface area contributed by atoms with Crippen LogP contribution in [0.4, 0.5) is 11.6 Å². The summed E-state index contributed by atoms with van der Waals surface area (Å²) in [5, 5.41) is 0. The number of fused-ring (bicyclic) bond motifs is 3. The maximum atomic E-state index is 13.2. The van der Waals surface area contributed by atoms with Crippen molar-refractivity contribution >= 4 is 22.8 Å². The van der Waals surface area contributed by atoms with Crippen LogP contribution >= 0.6 is 0 Å². The summed E-state index contributed by atoms with van der Waals surface area (Å²) in [7, 11) is 4.88. The molecule has 0 fully saturated rings. The largest absolute Gasteiger partial charge is 0.497 e. The van der Waals surface area contributed by atoms with Crippen molar-refractivity contribution in [2.75, 3.05) is 25.7 Å². The second kappa shape index (κ2) is 7.89. The molecule has 30 heavy (non-hydrogen) atoms. The fraction of sp³-hybridized carbons (Fsp3) is 0.476. The summed E-state index contributed by atoms with van der Waals surface area (Å²) in [6, 6.07) is 5.59. The van der Waals surface area contributed by atoms with E-state index in [1.165, 1.54) is 9.13 Å². The molecule has 9 heteroatoms. The summed E-state index contributed by atoms with van der Waals surface area (Å²) in [6.45, 7) is 3.77. The van der Waals surface area contributed by atoms with Crippen LogP contribution in [0.3, 0.4) is 0 Å². The van der Waals surface area contributed by atoms with Gasteiger partial charge in [-0.15, -0.1) is 0 Å². The van der Waals surface area contributed by atoms with Gasteiger partial charge in [0.25, 0.3) is 5.56 Å². The van der Waals surface area contributed by atoms with Gasteiger partial charge in [-0.05, 0) is 18.6 Å². The van der Waals surface area contributed by atoms with Crippen molar-refractivity contribution in [3.8, 4) is 11.5 Å². The van der Waals surface area contributed by atoms with E-state index < -0.39 is 0 Å². The highest BCUT2D eigenvalue weighted by Gasteiger charge is 2.30. The van der Waals surface area contributed by atoms with E-state index in [1.807, 2.05) is 27.7 Å². The molecule has 4 rings (SSSR count). The molecule has 0 bridgehead atoms. The van der Waals surface area contributed by atoms with Crippen LogP contribution in [-0.4, -0.2) is 39.4 Å². The van der Waals surface area contributed by atoms with Crippen molar-refractivity contribution in [2.24, 2.45) is 7.05 Å². The quantitative estimate of drug-likeness (QED) is 0.553. The standard InChI is InChI=1S/C21H27N5O4/c1-5-6-7-10-26-19(27)17-18(23(2)21(26)28)22-20-24(11-12-25(17)20)15-9-8-14(29-3)13-16(15)30-4/h8-9,13H,5-7,10-12H2,1-4H3. The van der Waals surface area contributed by atoms with Gasteiger partial charge in [0.1, 0.15) is 11.5 Å². The molecule has 2 aromatic heterocycles. The van der Waals surface area contributed by atoms with E-state index in [0.717, 1.165) is 24.9 Å². The van der Waals surface area contributed by atoms with Crippen LogP contribution in [-0.2, 0) is 20.1 Å². The summed E-state index contributed by atoms with van der Waals surface area (Å²) in [5.41, 5.74) is 1.11. The number of ether oxygens (including phenoxy) is 2. The number of nitrogens with zero attached hydrogens (tertiary/aromatic N) is 5. The minimum Gasteiger partial charge on any atom is -0.497 e. The number of methoxy groups -OCH3 is 2. The number of aromatic nitrogens is 4. The summed E-state index contributed by atoms with van der Waals surface area (Å²) in [5.74, 6) is 1.98. The molecule has 0 N–H and O–H groups in total. The predicted octanol–water partition coefficient (Wildman–Crippen LogP) is 2.26. The van der Waals surface area contributed by atoms with Crippen molar-refractivity contribution in [2.45, 2.75) is 39.3 Å². The Morgan fingerprint density at radius 1 is 1.10 bits per heavy atom. The van der Waals surface area contributed by atoms with Gasteiger partial charge in [-0.25, -0.2) is 4.79 Å². The third-order valence-electron chi connectivity index (χ3n) is 5.66. The molecule has 160 valence electrons. The Kier molecular flexibility index (Phi) is 5.27. The number of hydrogen-bond donors (Lipinski definition) is 0. The molecule has 0 saturated heterocycles. The minimum absolute atomic E-state index is 0.272. The summed E-state index contributed by atoms with van der Waals surface area (Å²) in [6.07, 6.45) is 2.80. The maximum absolute atomic E-state index is 13.2. The van der Waals surface area contributed by atoms with Gasteiger partial charge in [0, 0.05) is 32.7 Å². The van der Waals surface area contributed by atoms with Crippen molar-refractivity contribution in [1.82, 2.24) is 18.7 Å². The minimum atomic E-state index is -0.325. The highest BCUT2D eigenvalue weighted by Crippen LogP contribution is 2.39. The van der Waals surface area contributed by atoms with E-state index in [-0.39, 0.29) is 11.2 Å². The Hall–Kier alpha value is -3.23. The second-order valence-electron chi connectivity index (χ2n) is 7.43. The Bertz CT molecular complexity index is 1210.